The molecule has 0 saturated carbocycles. The molecule has 1 fully saturated rings. The number of carbonyl (C=O) groups excluding carboxylic acids is 19. The third-order valence-corrected chi connectivity index (χ3v) is 20.8. The molecule has 19 amide bonds. The van der Waals surface area contributed by atoms with Gasteiger partial charge in [-0.15, -0.1) is 0 Å². The summed E-state index contributed by atoms with van der Waals surface area (Å²) in [7, 11) is 0. The summed E-state index contributed by atoms with van der Waals surface area (Å²) in [6.45, 7) is 28.6. The molecule has 1 saturated heterocycles. The summed E-state index contributed by atoms with van der Waals surface area (Å²) in [6, 6.07) is -16.5. The second-order valence-electron chi connectivity index (χ2n) is 35.1. The number of nitrogens with zero attached hydrogens (tertiary/aromatic N) is 1. The molecule has 0 spiro atoms. The number of primary amides is 2. The molecule has 0 unspecified atom stereocenters. The van der Waals surface area contributed by atoms with E-state index in [2.05, 4.69) is 90.1 Å². The van der Waals surface area contributed by atoms with Crippen LogP contribution in [-0.2, 0) is 107 Å². The van der Waals surface area contributed by atoms with Crippen molar-refractivity contribution in [2.45, 2.75) is 298 Å². The summed E-state index contributed by atoms with van der Waals surface area (Å²) in [5, 5.41) is 59.4. The molecule has 25 N–H and O–H groups in total. The zero-order valence-corrected chi connectivity index (χ0v) is 76.4. The number of H-pyrrole nitrogens is 1. The van der Waals surface area contributed by atoms with Crippen LogP contribution in [0.1, 0.15) is 195 Å². The molecule has 0 aliphatic carbocycles. The molecule has 128 heavy (non-hydrogen) atoms. The van der Waals surface area contributed by atoms with Gasteiger partial charge in [0.2, 0.25) is 112 Å². The Morgan fingerprint density at radius 3 is 1.23 bits per heavy atom. The van der Waals surface area contributed by atoms with Crippen molar-refractivity contribution in [3.8, 4) is 0 Å². The van der Waals surface area contributed by atoms with Crippen molar-refractivity contribution in [3.63, 3.8) is 0 Å². The van der Waals surface area contributed by atoms with Crippen molar-refractivity contribution in [1.29, 1.82) is 0 Å². The number of aromatic amines is 1. The van der Waals surface area contributed by atoms with E-state index in [1.807, 2.05) is 24.3 Å². The lowest BCUT2D eigenvalue weighted by molar-refractivity contribution is -0.142. The van der Waals surface area contributed by atoms with Crippen molar-refractivity contribution in [3.05, 3.63) is 36.0 Å². The molecule has 0 radical (unpaired) electrons. The van der Waals surface area contributed by atoms with E-state index in [0.717, 1.165) is 16.5 Å². The lowest BCUT2D eigenvalue weighted by atomic mass is 9.99. The molecule has 44 nitrogen and oxygen atoms in total. The number of likely N-dealkylation sites (tertiary alicyclic amines) is 1. The number of benzene rings is 1. The molecule has 0 bridgehead atoms. The standard InChI is InChI=1S/C84H135N21O23/c1-37(2)29-54(98-80(123)65(41(9)10)102-70(113)46(17)92-75(118)55(30-38(3)4)97-74(117)53(26-27-60(86)106)96-77(120)56(33-61(87)107)99-82(125)67(43(13)14)104-72(115)51(85)32-49-35-88-52-24-21-20-23-50(49)52)73(116)89-36-62(108)95-58(31-39(5)6)83(126)105-28-22-25-59(105)78(121)93-47(18)71(114)103-66(42(11)12)81(124)100-57(34-63(109)110)76(119)91-44(15)68(111)90-45(16)69(112)101-64(40(7)8)79(122)94-48(19)84(127)128/h20-21,23-24,35,37-48,51,53-59,64-67,88H,22,25-34,36,85H2,1-19H3,(H2,86,106)(H2,87,107)(H,89,116)(H,90,111)(H,91,119)(H,92,118)(H,93,121)(H,94,122)(H,95,108)(H,96,120)(H,97,117)(H,98,123)(H,99,125)(H,100,124)(H,101,112)(H,102,113)(H,103,114)(H,104,115)(H,109,110)(H,127,128)/t44-,45-,46-,47-,48-,51-,53-,54-,55-,56-,57-,58-,59-,64-,65-,66-,67-/m0/s1. The van der Waals surface area contributed by atoms with Gasteiger partial charge in [-0.3, -0.25) is 101 Å². The average molecular weight is 1810 g/mol. The molecule has 1 aromatic heterocycles. The molecule has 3 rings (SSSR count). The summed E-state index contributed by atoms with van der Waals surface area (Å²) < 4.78 is 0. The van der Waals surface area contributed by atoms with Crippen molar-refractivity contribution in [2.24, 2.45) is 58.6 Å². The first-order chi connectivity index (χ1) is 59.5. The van der Waals surface area contributed by atoms with Crippen LogP contribution in [0.3, 0.4) is 0 Å². The molecule has 1 aromatic carbocycles. The number of nitrogens with one attached hydrogen (secondary N) is 17. The van der Waals surface area contributed by atoms with Crippen LogP contribution in [0.4, 0.5) is 0 Å². The van der Waals surface area contributed by atoms with Crippen LogP contribution >= 0.6 is 0 Å². The lowest BCUT2D eigenvalue weighted by Crippen LogP contribution is -2.61. The normalized spacial score (nSPS) is 16.4. The number of hydrogen-bond donors (Lipinski definition) is 22. The zero-order chi connectivity index (χ0) is 97.3. The summed E-state index contributed by atoms with van der Waals surface area (Å²) in [4.78, 5) is 287. The van der Waals surface area contributed by atoms with Gasteiger partial charge in [-0.1, -0.05) is 115 Å². The first-order valence-electron chi connectivity index (χ1n) is 43.0. The summed E-state index contributed by atoms with van der Waals surface area (Å²) in [6.07, 6.45) is -0.553. The number of para-hydroxylation sites is 1. The number of carboxylic acids is 2. The Hall–Kier alpha value is -12.4. The molecule has 714 valence electrons. The summed E-state index contributed by atoms with van der Waals surface area (Å²) >= 11 is 0. The Labute approximate surface area is 744 Å². The molecule has 1 aliphatic heterocycles. The molecule has 1 aliphatic rings. The summed E-state index contributed by atoms with van der Waals surface area (Å²) in [5.41, 5.74) is 18.9. The van der Waals surface area contributed by atoms with Crippen LogP contribution in [0, 0.1) is 41.4 Å². The molecular formula is C84H135N21O23. The Morgan fingerprint density at radius 2 is 0.781 bits per heavy atom. The minimum absolute atomic E-state index is 0.00967. The minimum atomic E-state index is -1.84. The number of rotatable bonds is 53. The van der Waals surface area contributed by atoms with Crippen molar-refractivity contribution >= 4 is 135 Å². The van der Waals surface area contributed by atoms with E-state index in [9.17, 15) is 111 Å². The van der Waals surface area contributed by atoms with Gasteiger partial charge < -0.3 is 122 Å². The van der Waals surface area contributed by atoms with E-state index in [1.54, 1.807) is 89.3 Å². The first-order valence-corrected chi connectivity index (χ1v) is 43.0. The second-order valence-corrected chi connectivity index (χ2v) is 35.1. The Morgan fingerprint density at radius 1 is 0.406 bits per heavy atom. The molecule has 2 aromatic rings. The minimum Gasteiger partial charge on any atom is -0.481 e. The van der Waals surface area contributed by atoms with Gasteiger partial charge in [-0.25, -0.2) is 0 Å². The number of hydrogen-bond acceptors (Lipinski definition) is 22. The van der Waals surface area contributed by atoms with Crippen LogP contribution in [0.2, 0.25) is 0 Å². The largest absolute Gasteiger partial charge is 0.481 e. The first kappa shape index (κ1) is 110. The number of amides is 19. The van der Waals surface area contributed by atoms with Crippen molar-refractivity contribution < 1.29 is 111 Å². The smallest absolute Gasteiger partial charge is 0.325 e. The average Bonchev–Trinajstić information content (AvgIpc) is 1.69. The van der Waals surface area contributed by atoms with E-state index < -0.39 is 283 Å². The fourth-order valence-corrected chi connectivity index (χ4v) is 13.6. The topological polar surface area (TPSA) is 688 Å². The summed E-state index contributed by atoms with van der Waals surface area (Å²) in [5.74, 6) is -23.5. The molecule has 17 atom stereocenters. The molecular weight excluding hydrogens is 1670 g/mol. The van der Waals surface area contributed by atoms with E-state index in [-0.39, 0.29) is 56.4 Å². The Kier molecular flexibility index (Phi) is 44.6. The molecule has 2 heterocycles. The highest BCUT2D eigenvalue weighted by Gasteiger charge is 2.42. The van der Waals surface area contributed by atoms with Gasteiger partial charge in [-0.2, -0.15) is 0 Å². The number of aromatic nitrogens is 1. The highest BCUT2D eigenvalue weighted by atomic mass is 16.4. The van der Waals surface area contributed by atoms with Gasteiger partial charge in [0, 0.05) is 30.1 Å². The van der Waals surface area contributed by atoms with Crippen LogP contribution in [0.25, 0.3) is 10.9 Å². The van der Waals surface area contributed by atoms with E-state index in [0.29, 0.717) is 6.42 Å². The quantitative estimate of drug-likeness (QED) is 0.0300. The highest BCUT2D eigenvalue weighted by molar-refractivity contribution is 6.02. The maximum Gasteiger partial charge on any atom is 0.325 e. The van der Waals surface area contributed by atoms with Crippen LogP contribution in [-0.4, -0.2) is 260 Å². The third kappa shape index (κ3) is 36.1. The number of nitrogens with two attached hydrogens (primary N) is 3. The SMILES string of the molecule is CC(C)C[C@H](NC(=O)[C@H](CCC(N)=O)NC(=O)[C@H](CC(N)=O)NC(=O)[C@@H](NC(=O)[C@@H](N)Cc1c[nH]c2ccccc12)C(C)C)C(=O)N[C@@H](C)C(=O)N[C@H](C(=O)N[C@@H](CC(C)C)C(=O)NCC(=O)N[C@@H](CC(C)C)C(=O)N1CCC[C@H]1C(=O)N[C@@H](C)C(=O)N[C@H](C(=O)N[C@@H](CC(=O)O)C(=O)N[C@@H](C)C(=O)N[C@@H](C)C(=O)N[C@H](C(=O)N[C@@H](C)C(=O)O)C(C)C)C(C)C)C(C)C. The van der Waals surface area contributed by atoms with Gasteiger partial charge in [0.1, 0.15) is 96.7 Å². The van der Waals surface area contributed by atoms with Crippen molar-refractivity contribution in [1.82, 2.24) is 95.0 Å². The van der Waals surface area contributed by atoms with E-state index in [1.165, 1.54) is 53.4 Å². The third-order valence-electron chi connectivity index (χ3n) is 20.8. The van der Waals surface area contributed by atoms with E-state index >= 15 is 0 Å². The zero-order valence-electron chi connectivity index (χ0n) is 76.4. The monoisotopic (exact) mass is 1810 g/mol. The predicted octanol–water partition coefficient (Wildman–Crippen LogP) is -4.02. The molecule has 44 heteroatoms. The highest BCUT2D eigenvalue weighted by Crippen LogP contribution is 2.23. The number of carboxylic acid groups (broad SMARTS) is 2. The Bertz CT molecular complexity index is 4300. The maximum absolute atomic E-state index is 14.5. The van der Waals surface area contributed by atoms with Gasteiger partial charge in [0.25, 0.3) is 0 Å². The predicted molar refractivity (Wildman–Crippen MR) is 465 cm³/mol. The fourth-order valence-electron chi connectivity index (χ4n) is 13.6. The fraction of sp³-hybridized carbons (Fsp3) is 0.655. The number of fused-ring (bicyclic) bond motifs is 1. The number of aliphatic carboxylic acids is 2. The number of carbonyl (C=O) groups is 21. The second kappa shape index (κ2) is 52.0. The van der Waals surface area contributed by atoms with Gasteiger partial charge in [0.05, 0.1) is 25.4 Å². The van der Waals surface area contributed by atoms with Crippen molar-refractivity contribution in [2.75, 3.05) is 13.1 Å². The van der Waals surface area contributed by atoms with Gasteiger partial charge in [-0.05, 0) is 133 Å². The van der Waals surface area contributed by atoms with Gasteiger partial charge in [0.15, 0.2) is 0 Å². The van der Waals surface area contributed by atoms with Crippen LogP contribution in [0.5, 0.6) is 0 Å². The Balaban J connectivity index is 1.69. The van der Waals surface area contributed by atoms with Crippen LogP contribution in [0.15, 0.2) is 30.5 Å². The van der Waals surface area contributed by atoms with Gasteiger partial charge >= 0.3 is 11.9 Å². The lowest BCUT2D eigenvalue weighted by Gasteiger charge is -2.30. The maximum atomic E-state index is 14.5. The van der Waals surface area contributed by atoms with E-state index in [4.69, 9.17) is 17.2 Å². The van der Waals surface area contributed by atoms with Crippen LogP contribution < -0.4 is 102 Å².